The van der Waals surface area contributed by atoms with Crippen LogP contribution in [0, 0.1) is 6.92 Å². The molecule has 0 fully saturated rings. The summed E-state index contributed by atoms with van der Waals surface area (Å²) in [6, 6.07) is 23.6. The molecule has 0 N–H and O–H groups in total. The number of hydrogen-bond donors (Lipinski definition) is 0. The van der Waals surface area contributed by atoms with Gasteiger partial charge < -0.3 is 0 Å². The molecule has 0 bridgehead atoms. The van der Waals surface area contributed by atoms with Crippen LogP contribution in [0.2, 0.25) is 0 Å². The zero-order valence-corrected chi connectivity index (χ0v) is 12.4. The van der Waals surface area contributed by atoms with Gasteiger partial charge in [0.05, 0.1) is 0 Å². The van der Waals surface area contributed by atoms with Gasteiger partial charge in [-0.2, -0.15) is 0 Å². The molecule has 1 nitrogen and oxygen atoms in total. The lowest BCUT2D eigenvalue weighted by Crippen LogP contribution is -2.17. The van der Waals surface area contributed by atoms with Crippen LogP contribution >= 0.6 is 0 Å². The maximum absolute atomic E-state index is 3.93. The third kappa shape index (κ3) is 3.32. The molecular weight excluding hydrogens is 254 g/mol. The normalized spacial score (nSPS) is 11.2. The van der Waals surface area contributed by atoms with Crippen molar-refractivity contribution in [1.82, 2.24) is 4.90 Å². The second-order valence-corrected chi connectivity index (χ2v) is 5.63. The van der Waals surface area contributed by atoms with Gasteiger partial charge in [0.1, 0.15) is 0 Å². The van der Waals surface area contributed by atoms with Gasteiger partial charge in [0.2, 0.25) is 0 Å². The highest BCUT2D eigenvalue weighted by Crippen LogP contribution is 2.20. The van der Waals surface area contributed by atoms with Crippen molar-refractivity contribution in [3.63, 3.8) is 0 Å². The molecule has 3 aromatic rings. The van der Waals surface area contributed by atoms with Gasteiger partial charge in [0.25, 0.3) is 0 Å². The zero-order valence-electron chi connectivity index (χ0n) is 12.4. The lowest BCUT2D eigenvalue weighted by molar-refractivity contribution is 0.320. The highest BCUT2D eigenvalue weighted by atomic mass is 15.1. The maximum atomic E-state index is 3.93. The third-order valence-corrected chi connectivity index (χ3v) is 3.80. The number of fused-ring (bicyclic) bond motifs is 1. The molecule has 0 spiro atoms. The molecule has 0 aliphatic rings. The van der Waals surface area contributed by atoms with Gasteiger partial charge in [0.15, 0.2) is 0 Å². The Morgan fingerprint density at radius 1 is 0.810 bits per heavy atom. The average Bonchev–Trinajstić information content (AvgIpc) is 2.50. The summed E-state index contributed by atoms with van der Waals surface area (Å²) in [7, 11) is 2.17. The molecule has 3 rings (SSSR count). The fourth-order valence-electron chi connectivity index (χ4n) is 2.73. The summed E-state index contributed by atoms with van der Waals surface area (Å²) in [4.78, 5) is 2.35. The van der Waals surface area contributed by atoms with E-state index in [0.717, 1.165) is 18.7 Å². The predicted molar refractivity (Wildman–Crippen MR) is 90.0 cm³/mol. The Morgan fingerprint density at radius 2 is 1.52 bits per heavy atom. The second-order valence-electron chi connectivity index (χ2n) is 5.63. The van der Waals surface area contributed by atoms with Crippen LogP contribution in [0.5, 0.6) is 0 Å². The Balaban J connectivity index is 1.77. The van der Waals surface area contributed by atoms with Gasteiger partial charge in [-0.1, -0.05) is 66.7 Å². The SMILES string of the molecule is [CH2]c1ccc(CN(C)Cc2cccc3ccccc23)cc1. The fraction of sp³-hybridized carbons (Fsp3) is 0.150. The van der Waals surface area contributed by atoms with E-state index in [0.29, 0.717) is 0 Å². The summed E-state index contributed by atoms with van der Waals surface area (Å²) in [6.45, 7) is 5.83. The summed E-state index contributed by atoms with van der Waals surface area (Å²) in [5, 5.41) is 2.66. The first kappa shape index (κ1) is 13.8. The highest BCUT2D eigenvalue weighted by Gasteiger charge is 2.05. The second kappa shape index (κ2) is 6.11. The summed E-state index contributed by atoms with van der Waals surface area (Å²) < 4.78 is 0. The molecule has 1 radical (unpaired) electrons. The van der Waals surface area contributed by atoms with Gasteiger partial charge in [-0.3, -0.25) is 4.90 Å². The van der Waals surface area contributed by atoms with Crippen molar-refractivity contribution in [1.29, 1.82) is 0 Å². The monoisotopic (exact) mass is 274 g/mol. The first-order chi connectivity index (χ1) is 10.2. The molecule has 3 aromatic carbocycles. The summed E-state index contributed by atoms with van der Waals surface area (Å²) in [5.41, 5.74) is 3.77. The summed E-state index contributed by atoms with van der Waals surface area (Å²) in [5.74, 6) is 0. The van der Waals surface area contributed by atoms with Gasteiger partial charge in [-0.05, 0) is 41.4 Å². The molecule has 0 aromatic heterocycles. The molecule has 0 atom stereocenters. The molecule has 0 saturated heterocycles. The van der Waals surface area contributed by atoms with Crippen LogP contribution in [0.4, 0.5) is 0 Å². The first-order valence-electron chi connectivity index (χ1n) is 7.28. The largest absolute Gasteiger partial charge is 0.298 e. The highest BCUT2D eigenvalue weighted by molar-refractivity contribution is 5.85. The van der Waals surface area contributed by atoms with Crippen LogP contribution in [-0.4, -0.2) is 11.9 Å². The van der Waals surface area contributed by atoms with Gasteiger partial charge >= 0.3 is 0 Å². The van der Waals surface area contributed by atoms with Crippen molar-refractivity contribution in [3.05, 3.63) is 90.3 Å². The van der Waals surface area contributed by atoms with E-state index in [-0.39, 0.29) is 0 Å². The average molecular weight is 274 g/mol. The minimum Gasteiger partial charge on any atom is -0.298 e. The zero-order chi connectivity index (χ0) is 14.7. The minimum atomic E-state index is 0.948. The summed E-state index contributed by atoms with van der Waals surface area (Å²) in [6.07, 6.45) is 0. The van der Waals surface area contributed by atoms with Crippen molar-refractivity contribution < 1.29 is 0 Å². The smallest absolute Gasteiger partial charge is 0.0240 e. The van der Waals surface area contributed by atoms with E-state index in [1.165, 1.54) is 21.9 Å². The maximum Gasteiger partial charge on any atom is 0.0240 e. The predicted octanol–water partition coefficient (Wildman–Crippen LogP) is 4.65. The Morgan fingerprint density at radius 3 is 2.33 bits per heavy atom. The van der Waals surface area contributed by atoms with E-state index in [4.69, 9.17) is 0 Å². The third-order valence-electron chi connectivity index (χ3n) is 3.80. The van der Waals surface area contributed by atoms with Crippen LogP contribution in [-0.2, 0) is 13.1 Å². The van der Waals surface area contributed by atoms with Crippen molar-refractivity contribution in [3.8, 4) is 0 Å². The lowest BCUT2D eigenvalue weighted by Gasteiger charge is -2.18. The summed E-state index contributed by atoms with van der Waals surface area (Å²) >= 11 is 0. The molecule has 0 unspecified atom stereocenters. The van der Waals surface area contributed by atoms with Gasteiger partial charge in [0, 0.05) is 13.1 Å². The molecule has 0 heterocycles. The molecular formula is C20H20N. The molecule has 0 aliphatic heterocycles. The van der Waals surface area contributed by atoms with Crippen molar-refractivity contribution in [2.45, 2.75) is 13.1 Å². The topological polar surface area (TPSA) is 3.24 Å². The van der Waals surface area contributed by atoms with E-state index in [1.54, 1.807) is 0 Å². The molecule has 0 amide bonds. The molecule has 105 valence electrons. The van der Waals surface area contributed by atoms with Crippen LogP contribution in [0.15, 0.2) is 66.7 Å². The number of rotatable bonds is 4. The van der Waals surface area contributed by atoms with Crippen molar-refractivity contribution in [2.24, 2.45) is 0 Å². The number of benzene rings is 3. The quantitative estimate of drug-likeness (QED) is 0.669. The van der Waals surface area contributed by atoms with Crippen LogP contribution in [0.3, 0.4) is 0 Å². The molecule has 0 aliphatic carbocycles. The van der Waals surface area contributed by atoms with Crippen LogP contribution < -0.4 is 0 Å². The van der Waals surface area contributed by atoms with E-state index in [9.17, 15) is 0 Å². The Hall–Kier alpha value is -2.12. The lowest BCUT2D eigenvalue weighted by atomic mass is 10.0. The standard InChI is InChI=1S/C20H20N/c1-16-10-12-17(13-11-16)14-21(2)15-19-8-5-7-18-6-3-4-9-20(18)19/h3-13H,1,14-15H2,2H3. The van der Waals surface area contributed by atoms with E-state index in [1.807, 2.05) is 0 Å². The van der Waals surface area contributed by atoms with E-state index < -0.39 is 0 Å². The molecule has 21 heavy (non-hydrogen) atoms. The number of hydrogen-bond acceptors (Lipinski definition) is 1. The minimum absolute atomic E-state index is 0.948. The van der Waals surface area contributed by atoms with Crippen LogP contribution in [0.1, 0.15) is 16.7 Å². The van der Waals surface area contributed by atoms with Gasteiger partial charge in [-0.25, -0.2) is 0 Å². The number of nitrogens with zero attached hydrogens (tertiary/aromatic N) is 1. The van der Waals surface area contributed by atoms with Crippen LogP contribution in [0.25, 0.3) is 10.8 Å². The van der Waals surface area contributed by atoms with E-state index in [2.05, 4.69) is 85.6 Å². The Kier molecular flexibility index (Phi) is 4.03. The Labute approximate surface area is 126 Å². The molecule has 0 saturated carbocycles. The van der Waals surface area contributed by atoms with Gasteiger partial charge in [-0.15, -0.1) is 0 Å². The Bertz CT molecular complexity index is 723. The van der Waals surface area contributed by atoms with Crippen molar-refractivity contribution >= 4 is 10.8 Å². The molecule has 1 heteroatoms. The fourth-order valence-corrected chi connectivity index (χ4v) is 2.73. The first-order valence-corrected chi connectivity index (χ1v) is 7.28. The van der Waals surface area contributed by atoms with Crippen molar-refractivity contribution in [2.75, 3.05) is 7.05 Å². The van der Waals surface area contributed by atoms with E-state index >= 15 is 0 Å².